The Morgan fingerprint density at radius 3 is 2.62 bits per heavy atom. The molecule has 2 aromatic carbocycles. The Morgan fingerprint density at radius 1 is 1.08 bits per heavy atom. The van der Waals surface area contributed by atoms with E-state index >= 15 is 0 Å². The smallest absolute Gasteiger partial charge is 0.251 e. The van der Waals surface area contributed by atoms with Crippen molar-refractivity contribution in [2.75, 3.05) is 0 Å². The number of aromatic nitrogens is 1. The van der Waals surface area contributed by atoms with Gasteiger partial charge in [0.2, 0.25) is 5.91 Å². The van der Waals surface area contributed by atoms with Crippen LogP contribution in [0.5, 0.6) is 0 Å². The summed E-state index contributed by atoms with van der Waals surface area (Å²) in [6.45, 7) is 4.05. The lowest BCUT2D eigenvalue weighted by atomic mass is 9.99. The molecule has 0 fully saturated rings. The molecule has 0 aliphatic carbocycles. The van der Waals surface area contributed by atoms with Crippen molar-refractivity contribution >= 4 is 16.8 Å². The topological polar surface area (TPSA) is 62.0 Å². The zero-order chi connectivity index (χ0) is 17.1. The average molecular weight is 320 g/mol. The van der Waals surface area contributed by atoms with E-state index in [1.807, 2.05) is 49.4 Å². The molecule has 1 amide bonds. The molecule has 3 rings (SSSR count). The third kappa shape index (κ3) is 3.54. The molecule has 2 N–H and O–H groups in total. The third-order valence-electron chi connectivity index (χ3n) is 4.16. The molecule has 4 nitrogen and oxygen atoms in total. The quantitative estimate of drug-likeness (QED) is 0.776. The minimum absolute atomic E-state index is 0.0406. The Balaban J connectivity index is 1.86. The van der Waals surface area contributed by atoms with Gasteiger partial charge in [-0.15, -0.1) is 0 Å². The highest BCUT2D eigenvalue weighted by molar-refractivity contribution is 5.78. The summed E-state index contributed by atoms with van der Waals surface area (Å²) < 4.78 is 0. The van der Waals surface area contributed by atoms with Crippen molar-refractivity contribution in [1.82, 2.24) is 10.3 Å². The molecule has 1 heterocycles. The number of pyridine rings is 1. The number of carbonyl (C=O) groups is 1. The Morgan fingerprint density at radius 2 is 1.88 bits per heavy atom. The van der Waals surface area contributed by atoms with Gasteiger partial charge in [-0.2, -0.15) is 0 Å². The number of rotatable bonds is 4. The molecule has 0 aliphatic heterocycles. The van der Waals surface area contributed by atoms with E-state index in [4.69, 9.17) is 0 Å². The van der Waals surface area contributed by atoms with Gasteiger partial charge in [0.05, 0.1) is 0 Å². The van der Waals surface area contributed by atoms with Crippen LogP contribution in [0.3, 0.4) is 0 Å². The number of amides is 1. The van der Waals surface area contributed by atoms with Crippen molar-refractivity contribution in [1.29, 1.82) is 0 Å². The molecule has 1 aromatic heterocycles. The zero-order valence-electron chi connectivity index (χ0n) is 13.8. The number of benzene rings is 2. The zero-order valence-corrected chi connectivity index (χ0v) is 13.8. The fourth-order valence-corrected chi connectivity index (χ4v) is 2.83. The Labute approximate surface area is 140 Å². The summed E-state index contributed by atoms with van der Waals surface area (Å²) in [4.78, 5) is 26.2. The van der Waals surface area contributed by atoms with Gasteiger partial charge in [-0.05, 0) is 41.1 Å². The number of para-hydroxylation sites is 1. The van der Waals surface area contributed by atoms with Gasteiger partial charge in [0, 0.05) is 31.0 Å². The molecule has 3 aromatic rings. The van der Waals surface area contributed by atoms with E-state index < -0.39 is 0 Å². The molecular formula is C20H20N2O2. The first-order chi connectivity index (χ1) is 11.5. The highest BCUT2D eigenvalue weighted by Crippen LogP contribution is 2.16. The second kappa shape index (κ2) is 6.71. The van der Waals surface area contributed by atoms with Gasteiger partial charge in [0.25, 0.3) is 5.56 Å². The largest absolute Gasteiger partial charge is 0.352 e. The van der Waals surface area contributed by atoms with Crippen molar-refractivity contribution in [2.24, 2.45) is 0 Å². The number of fused-ring (bicyclic) bond motifs is 1. The van der Waals surface area contributed by atoms with Crippen LogP contribution in [-0.4, -0.2) is 10.9 Å². The maximum Gasteiger partial charge on any atom is 0.251 e. The molecule has 0 bridgehead atoms. The third-order valence-corrected chi connectivity index (χ3v) is 4.16. The van der Waals surface area contributed by atoms with E-state index in [0.717, 1.165) is 33.2 Å². The summed E-state index contributed by atoms with van der Waals surface area (Å²) in [5.41, 5.74) is 4.84. The second-order valence-electron chi connectivity index (χ2n) is 6.06. The summed E-state index contributed by atoms with van der Waals surface area (Å²) in [5, 5.41) is 3.84. The lowest BCUT2D eigenvalue weighted by molar-refractivity contribution is -0.119. The Bertz CT molecular complexity index is 957. The van der Waals surface area contributed by atoms with Crippen LogP contribution < -0.4 is 10.9 Å². The summed E-state index contributed by atoms with van der Waals surface area (Å²) >= 11 is 0. The van der Waals surface area contributed by atoms with E-state index in [-0.39, 0.29) is 11.5 Å². The summed E-state index contributed by atoms with van der Waals surface area (Å²) in [5.74, 6) is -0.0406. The predicted molar refractivity (Wildman–Crippen MR) is 96.1 cm³/mol. The van der Waals surface area contributed by atoms with Crippen LogP contribution in [0.1, 0.15) is 29.2 Å². The molecule has 0 atom stereocenters. The molecule has 0 unspecified atom stereocenters. The highest BCUT2D eigenvalue weighted by atomic mass is 16.1. The molecule has 0 radical (unpaired) electrons. The lowest BCUT2D eigenvalue weighted by Gasteiger charge is -2.09. The summed E-state index contributed by atoms with van der Waals surface area (Å²) in [6, 6.07) is 15.8. The molecule has 0 saturated carbocycles. The molecule has 0 saturated heterocycles. The molecule has 122 valence electrons. The maximum atomic E-state index is 12.3. The van der Waals surface area contributed by atoms with Crippen LogP contribution >= 0.6 is 0 Å². The molecular weight excluding hydrogens is 300 g/mol. The first-order valence-corrected chi connectivity index (χ1v) is 7.97. The first-order valence-electron chi connectivity index (χ1n) is 7.97. The minimum atomic E-state index is -0.0475. The number of carbonyl (C=O) groups excluding carboxylic acids is 1. The van der Waals surface area contributed by atoms with Gasteiger partial charge in [0.1, 0.15) is 0 Å². The Kier molecular flexibility index (Phi) is 4.47. The average Bonchev–Trinajstić information content (AvgIpc) is 2.54. The van der Waals surface area contributed by atoms with Crippen LogP contribution in [-0.2, 0) is 17.8 Å². The van der Waals surface area contributed by atoms with E-state index in [1.54, 1.807) is 0 Å². The fourth-order valence-electron chi connectivity index (χ4n) is 2.83. The van der Waals surface area contributed by atoms with Crippen molar-refractivity contribution in [2.45, 2.75) is 26.8 Å². The van der Waals surface area contributed by atoms with Crippen molar-refractivity contribution in [3.8, 4) is 0 Å². The number of nitrogens with one attached hydrogen (secondary N) is 2. The number of aryl methyl sites for hydroxylation is 1. The normalized spacial score (nSPS) is 10.8. The van der Waals surface area contributed by atoms with Gasteiger partial charge >= 0.3 is 0 Å². The summed E-state index contributed by atoms with van der Waals surface area (Å²) in [7, 11) is 0. The first kappa shape index (κ1) is 16.0. The van der Waals surface area contributed by atoms with Crippen LogP contribution in [0.4, 0.5) is 0 Å². The SMILES string of the molecule is CC(=O)NCc1ccc(Cc2cc3ccccc3[nH]c2=O)cc1C. The molecule has 4 heteroatoms. The molecule has 0 spiro atoms. The number of H-pyrrole nitrogens is 1. The second-order valence-corrected chi connectivity index (χ2v) is 6.06. The van der Waals surface area contributed by atoms with Crippen LogP contribution in [0.25, 0.3) is 10.9 Å². The lowest BCUT2D eigenvalue weighted by Crippen LogP contribution is -2.19. The number of aromatic amines is 1. The predicted octanol–water partition coefficient (Wildman–Crippen LogP) is 3.06. The number of hydrogen-bond donors (Lipinski definition) is 2. The monoisotopic (exact) mass is 320 g/mol. The van der Waals surface area contributed by atoms with Gasteiger partial charge in [-0.3, -0.25) is 9.59 Å². The van der Waals surface area contributed by atoms with Crippen molar-refractivity contribution in [3.05, 3.63) is 81.1 Å². The van der Waals surface area contributed by atoms with E-state index in [1.165, 1.54) is 6.92 Å². The van der Waals surface area contributed by atoms with Crippen molar-refractivity contribution < 1.29 is 4.79 Å². The van der Waals surface area contributed by atoms with E-state index in [0.29, 0.717) is 13.0 Å². The number of hydrogen-bond acceptors (Lipinski definition) is 2. The van der Waals surface area contributed by atoms with Crippen LogP contribution in [0, 0.1) is 6.92 Å². The van der Waals surface area contributed by atoms with Gasteiger partial charge in [-0.25, -0.2) is 0 Å². The van der Waals surface area contributed by atoms with Gasteiger partial charge in [-0.1, -0.05) is 36.4 Å². The molecule has 0 aliphatic rings. The summed E-state index contributed by atoms with van der Waals surface area (Å²) in [6.07, 6.45) is 0.585. The minimum Gasteiger partial charge on any atom is -0.352 e. The van der Waals surface area contributed by atoms with Gasteiger partial charge < -0.3 is 10.3 Å². The van der Waals surface area contributed by atoms with Gasteiger partial charge in [0.15, 0.2) is 0 Å². The fraction of sp³-hybridized carbons (Fsp3) is 0.200. The van der Waals surface area contributed by atoms with E-state index in [9.17, 15) is 9.59 Å². The van der Waals surface area contributed by atoms with Crippen LogP contribution in [0.2, 0.25) is 0 Å². The van der Waals surface area contributed by atoms with Crippen LogP contribution in [0.15, 0.2) is 53.3 Å². The van der Waals surface area contributed by atoms with Crippen molar-refractivity contribution in [3.63, 3.8) is 0 Å². The standard InChI is InChI=1S/C20H20N2O2/c1-13-9-15(7-8-17(13)12-21-14(2)23)10-18-11-16-5-3-4-6-19(16)22-20(18)24/h3-9,11H,10,12H2,1-2H3,(H,21,23)(H,22,24). The molecule has 24 heavy (non-hydrogen) atoms. The Hall–Kier alpha value is -2.88. The van der Waals surface area contributed by atoms with E-state index in [2.05, 4.69) is 16.4 Å². The maximum absolute atomic E-state index is 12.3. The highest BCUT2D eigenvalue weighted by Gasteiger charge is 2.06.